The zero-order chi connectivity index (χ0) is 24.1. The van der Waals surface area contributed by atoms with Crippen molar-refractivity contribution in [3.63, 3.8) is 0 Å². The van der Waals surface area contributed by atoms with E-state index in [2.05, 4.69) is 10.2 Å². The monoisotopic (exact) mass is 489 g/mol. The fourth-order valence-corrected chi connectivity index (χ4v) is 5.66. The van der Waals surface area contributed by atoms with Gasteiger partial charge in [0, 0.05) is 31.7 Å². The lowest BCUT2D eigenvalue weighted by atomic mass is 10.1. The van der Waals surface area contributed by atoms with Crippen LogP contribution in [0, 0.1) is 0 Å². The number of nitrogens with one attached hydrogen (secondary N) is 1. The molecule has 9 nitrogen and oxygen atoms in total. The third-order valence-corrected chi connectivity index (χ3v) is 7.89. The predicted molar refractivity (Wildman–Crippen MR) is 130 cm³/mol. The van der Waals surface area contributed by atoms with Gasteiger partial charge in [0.25, 0.3) is 5.91 Å². The second-order valence-corrected chi connectivity index (χ2v) is 10.1. The van der Waals surface area contributed by atoms with Crippen molar-refractivity contribution in [1.29, 1.82) is 0 Å². The number of sulfonamides is 1. The fraction of sp³-hybridized carbons (Fsp3) is 0.458. The van der Waals surface area contributed by atoms with Gasteiger partial charge in [-0.25, -0.2) is 8.42 Å². The number of hydrogen-bond donors (Lipinski definition) is 1. The largest absolute Gasteiger partial charge is 0.493 e. The highest BCUT2D eigenvalue weighted by Crippen LogP contribution is 2.34. The highest BCUT2D eigenvalue weighted by molar-refractivity contribution is 7.89. The quantitative estimate of drug-likeness (QED) is 0.609. The summed E-state index contributed by atoms with van der Waals surface area (Å²) >= 11 is 0. The van der Waals surface area contributed by atoms with Crippen LogP contribution in [-0.2, 0) is 14.8 Å². The van der Waals surface area contributed by atoms with Gasteiger partial charge in [0.1, 0.15) is 0 Å². The molecule has 1 amide bonds. The molecule has 0 atom stereocenters. The van der Waals surface area contributed by atoms with Crippen LogP contribution in [0.15, 0.2) is 41.3 Å². The summed E-state index contributed by atoms with van der Waals surface area (Å²) < 4.78 is 44.1. The van der Waals surface area contributed by atoms with E-state index in [0.717, 1.165) is 31.6 Å². The first-order chi connectivity index (χ1) is 16.4. The lowest BCUT2D eigenvalue weighted by Gasteiger charge is -2.27. The Morgan fingerprint density at radius 3 is 2.44 bits per heavy atom. The smallest absolute Gasteiger partial charge is 0.255 e. The Bertz CT molecular complexity index is 1130. The van der Waals surface area contributed by atoms with Crippen molar-refractivity contribution in [2.45, 2.75) is 24.7 Å². The van der Waals surface area contributed by atoms with E-state index in [9.17, 15) is 13.2 Å². The van der Waals surface area contributed by atoms with Gasteiger partial charge in [0.15, 0.2) is 11.5 Å². The number of rotatable bonds is 8. The molecule has 10 heteroatoms. The van der Waals surface area contributed by atoms with Crippen LogP contribution in [0.2, 0.25) is 0 Å². The molecule has 2 saturated heterocycles. The maximum absolute atomic E-state index is 13.2. The summed E-state index contributed by atoms with van der Waals surface area (Å²) in [6.45, 7) is 5.42. The van der Waals surface area contributed by atoms with Crippen LogP contribution >= 0.6 is 0 Å². The predicted octanol–water partition coefficient (Wildman–Crippen LogP) is 2.97. The highest BCUT2D eigenvalue weighted by Gasteiger charge is 2.28. The first-order valence-corrected chi connectivity index (χ1v) is 13.0. The van der Waals surface area contributed by atoms with Crippen LogP contribution in [0.3, 0.4) is 0 Å². The van der Waals surface area contributed by atoms with Crippen molar-refractivity contribution in [3.8, 4) is 11.5 Å². The van der Waals surface area contributed by atoms with Gasteiger partial charge in [-0.1, -0.05) is 0 Å². The molecule has 2 aliphatic heterocycles. The summed E-state index contributed by atoms with van der Waals surface area (Å²) in [5.74, 6) is 0.651. The summed E-state index contributed by atoms with van der Waals surface area (Å²) in [6, 6.07) is 9.93. The van der Waals surface area contributed by atoms with Crippen molar-refractivity contribution < 1.29 is 27.4 Å². The first-order valence-electron chi connectivity index (χ1n) is 11.5. The maximum atomic E-state index is 13.2. The molecule has 2 fully saturated rings. The summed E-state index contributed by atoms with van der Waals surface area (Å²) in [7, 11) is -2.18. The number of amides is 1. The van der Waals surface area contributed by atoms with E-state index in [-0.39, 0.29) is 10.8 Å². The molecule has 34 heavy (non-hydrogen) atoms. The minimum Gasteiger partial charge on any atom is -0.493 e. The van der Waals surface area contributed by atoms with Crippen LogP contribution in [-0.4, -0.2) is 71.7 Å². The SMILES string of the molecule is CCOc1ccc(C(=O)Nc2cc(S(=O)(=O)N3CCOCC3)ccc2N2CCCC2)cc1OC. The van der Waals surface area contributed by atoms with Gasteiger partial charge in [-0.05, 0) is 56.2 Å². The Kier molecular flexibility index (Phi) is 7.60. The van der Waals surface area contributed by atoms with Gasteiger partial charge in [-0.3, -0.25) is 4.79 Å². The first kappa shape index (κ1) is 24.3. The lowest BCUT2D eigenvalue weighted by Crippen LogP contribution is -2.40. The summed E-state index contributed by atoms with van der Waals surface area (Å²) in [4.78, 5) is 15.5. The van der Waals surface area contributed by atoms with E-state index in [1.807, 2.05) is 6.92 Å². The molecular weight excluding hydrogens is 458 g/mol. The summed E-state index contributed by atoms with van der Waals surface area (Å²) in [6.07, 6.45) is 2.11. The molecule has 0 spiro atoms. The van der Waals surface area contributed by atoms with E-state index in [1.54, 1.807) is 36.4 Å². The van der Waals surface area contributed by atoms with Crippen LogP contribution in [0.4, 0.5) is 11.4 Å². The molecule has 184 valence electrons. The molecule has 2 aliphatic rings. The third kappa shape index (κ3) is 5.13. The molecule has 2 aromatic carbocycles. The second-order valence-electron chi connectivity index (χ2n) is 8.14. The minimum atomic E-state index is -3.70. The van der Waals surface area contributed by atoms with Crippen molar-refractivity contribution in [3.05, 3.63) is 42.0 Å². The molecule has 0 saturated carbocycles. The Morgan fingerprint density at radius 1 is 1.03 bits per heavy atom. The Morgan fingerprint density at radius 2 is 1.76 bits per heavy atom. The zero-order valence-corrected chi connectivity index (χ0v) is 20.4. The number of carbonyl (C=O) groups is 1. The van der Waals surface area contributed by atoms with Gasteiger partial charge in [-0.15, -0.1) is 0 Å². The van der Waals surface area contributed by atoms with Gasteiger partial charge < -0.3 is 24.4 Å². The number of hydrogen-bond acceptors (Lipinski definition) is 7. The topological polar surface area (TPSA) is 97.4 Å². The summed E-state index contributed by atoms with van der Waals surface area (Å²) in [5, 5.41) is 2.94. The Balaban J connectivity index is 1.66. The average molecular weight is 490 g/mol. The molecule has 0 aliphatic carbocycles. The Hall–Kier alpha value is -2.82. The van der Waals surface area contributed by atoms with Crippen LogP contribution in [0.5, 0.6) is 11.5 Å². The van der Waals surface area contributed by atoms with Gasteiger partial charge in [0.2, 0.25) is 10.0 Å². The van der Waals surface area contributed by atoms with Crippen LogP contribution in [0.25, 0.3) is 0 Å². The second kappa shape index (κ2) is 10.6. The summed E-state index contributed by atoms with van der Waals surface area (Å²) in [5.41, 5.74) is 1.66. The molecule has 0 bridgehead atoms. The number of morpholine rings is 1. The molecular formula is C24H31N3O6S. The van der Waals surface area contributed by atoms with Gasteiger partial charge in [0.05, 0.1) is 43.2 Å². The molecule has 0 unspecified atom stereocenters. The standard InChI is InChI=1S/C24H31N3O6S/c1-3-33-22-9-6-18(16-23(22)31-2)24(28)25-20-17-19(7-8-21(20)26-10-4-5-11-26)34(29,30)27-12-14-32-15-13-27/h6-9,16-17H,3-5,10-15H2,1-2H3,(H,25,28). The molecule has 0 radical (unpaired) electrons. The van der Waals surface area contributed by atoms with Crippen molar-refractivity contribution in [1.82, 2.24) is 4.31 Å². The zero-order valence-electron chi connectivity index (χ0n) is 19.6. The number of carbonyl (C=O) groups excluding carboxylic acids is 1. The normalized spacial score (nSPS) is 16.9. The maximum Gasteiger partial charge on any atom is 0.255 e. The molecule has 1 N–H and O–H groups in total. The molecule has 2 aromatic rings. The highest BCUT2D eigenvalue weighted by atomic mass is 32.2. The van der Waals surface area contributed by atoms with E-state index in [1.165, 1.54) is 11.4 Å². The van der Waals surface area contributed by atoms with Crippen molar-refractivity contribution in [2.75, 3.05) is 63.3 Å². The number of ether oxygens (including phenoxy) is 3. The molecule has 0 aromatic heterocycles. The minimum absolute atomic E-state index is 0.150. The van der Waals surface area contributed by atoms with E-state index >= 15 is 0 Å². The number of nitrogens with zero attached hydrogens (tertiary/aromatic N) is 2. The fourth-order valence-electron chi connectivity index (χ4n) is 4.22. The van der Waals surface area contributed by atoms with E-state index in [0.29, 0.717) is 55.7 Å². The third-order valence-electron chi connectivity index (χ3n) is 6.00. The molecule has 2 heterocycles. The molecule has 4 rings (SSSR count). The van der Waals surface area contributed by atoms with Crippen molar-refractivity contribution in [2.24, 2.45) is 0 Å². The van der Waals surface area contributed by atoms with Gasteiger partial charge >= 0.3 is 0 Å². The van der Waals surface area contributed by atoms with Crippen LogP contribution in [0.1, 0.15) is 30.1 Å². The van der Waals surface area contributed by atoms with E-state index < -0.39 is 10.0 Å². The average Bonchev–Trinajstić information content (AvgIpc) is 3.39. The van der Waals surface area contributed by atoms with Gasteiger partial charge in [-0.2, -0.15) is 4.31 Å². The van der Waals surface area contributed by atoms with E-state index in [4.69, 9.17) is 14.2 Å². The lowest BCUT2D eigenvalue weighted by molar-refractivity contribution is 0.0730. The van der Waals surface area contributed by atoms with Crippen LogP contribution < -0.4 is 19.7 Å². The number of methoxy groups -OCH3 is 1. The number of anilines is 2. The van der Waals surface area contributed by atoms with Crippen molar-refractivity contribution >= 4 is 27.3 Å². The Labute approximate surface area is 200 Å². The number of benzene rings is 2.